The van der Waals surface area contributed by atoms with Crippen LogP contribution in [0.2, 0.25) is 0 Å². The lowest BCUT2D eigenvalue weighted by Gasteiger charge is -2.34. The summed E-state index contributed by atoms with van der Waals surface area (Å²) in [7, 11) is 3.01. The van der Waals surface area contributed by atoms with Crippen molar-refractivity contribution in [3.63, 3.8) is 0 Å². The van der Waals surface area contributed by atoms with E-state index in [1.807, 2.05) is 27.7 Å². The van der Waals surface area contributed by atoms with E-state index in [4.69, 9.17) is 14.2 Å². The van der Waals surface area contributed by atoms with Crippen molar-refractivity contribution < 1.29 is 32.2 Å². The van der Waals surface area contributed by atoms with Crippen molar-refractivity contribution in [3.05, 3.63) is 35.5 Å². The number of hydrogen-bond acceptors (Lipinski definition) is 6. The van der Waals surface area contributed by atoms with Crippen LogP contribution in [0.1, 0.15) is 69.8 Å². The molecular weight excluding hydrogens is 501 g/mol. The number of hydrogen-bond donors (Lipinski definition) is 1. The van der Waals surface area contributed by atoms with E-state index in [1.165, 1.54) is 14.2 Å². The Bertz CT molecular complexity index is 1210. The van der Waals surface area contributed by atoms with E-state index < -0.39 is 23.9 Å². The number of amides is 1. The number of nitrogens with one attached hydrogen (secondary N) is 1. The van der Waals surface area contributed by atoms with Crippen molar-refractivity contribution >= 4 is 11.9 Å². The standard InChI is InChI=1S/C27H35F3N4O4/c1-14-23-16(9-10-33(14)25(35)38-26(2,3)4)24(23)18-13-22-31-17(12-21(27(28,29)30)34(22)32-18)15-7-8-19(36-5)20(11-15)37-6/h7-8,11,13-14,16-17,21,23-24,31H,9-10,12H2,1-6H3/t14?,16?,17?,21?,23-,24?/m0/s1. The zero-order valence-electron chi connectivity index (χ0n) is 22.5. The molecule has 8 nitrogen and oxygen atoms in total. The number of aromatic nitrogens is 2. The van der Waals surface area contributed by atoms with Gasteiger partial charge in [-0.2, -0.15) is 18.3 Å². The monoisotopic (exact) mass is 536 g/mol. The SMILES string of the molecule is COc1ccc(C2CC(C(F)(F)F)n3nc(C4C5CCN(C(=O)OC(C)(C)C)C(C)[C@@H]54)cc3N2)cc1OC. The Morgan fingerprint density at radius 2 is 1.82 bits per heavy atom. The molecule has 3 heterocycles. The fourth-order valence-electron chi connectivity index (χ4n) is 6.17. The summed E-state index contributed by atoms with van der Waals surface area (Å²) in [5.74, 6) is 1.74. The van der Waals surface area contributed by atoms with E-state index in [0.29, 0.717) is 35.1 Å². The van der Waals surface area contributed by atoms with Gasteiger partial charge in [-0.3, -0.25) is 0 Å². The third-order valence-electron chi connectivity index (χ3n) is 7.97. The highest BCUT2D eigenvalue weighted by molar-refractivity contribution is 5.69. The predicted molar refractivity (Wildman–Crippen MR) is 135 cm³/mol. The van der Waals surface area contributed by atoms with Gasteiger partial charge in [0, 0.05) is 31.0 Å². The smallest absolute Gasteiger partial charge is 0.410 e. The maximum atomic E-state index is 14.2. The summed E-state index contributed by atoms with van der Waals surface area (Å²) in [4.78, 5) is 14.5. The minimum Gasteiger partial charge on any atom is -0.493 e. The third kappa shape index (κ3) is 4.75. The molecule has 1 saturated heterocycles. The van der Waals surface area contributed by atoms with E-state index in [9.17, 15) is 18.0 Å². The van der Waals surface area contributed by atoms with Crippen LogP contribution in [-0.2, 0) is 4.74 Å². The van der Waals surface area contributed by atoms with Gasteiger partial charge in [0.1, 0.15) is 11.4 Å². The van der Waals surface area contributed by atoms with Crippen LogP contribution in [0.3, 0.4) is 0 Å². The summed E-state index contributed by atoms with van der Waals surface area (Å²) in [6.07, 6.45) is -4.25. The Labute approximate surface area is 220 Å². The van der Waals surface area contributed by atoms with Crippen molar-refractivity contribution in [2.24, 2.45) is 11.8 Å². The molecule has 0 spiro atoms. The Kier molecular flexibility index (Phi) is 6.46. The molecule has 1 aliphatic carbocycles. The first-order valence-electron chi connectivity index (χ1n) is 13.0. The predicted octanol–water partition coefficient (Wildman–Crippen LogP) is 5.92. The van der Waals surface area contributed by atoms with Crippen molar-refractivity contribution in [3.8, 4) is 11.5 Å². The topological polar surface area (TPSA) is 77.9 Å². The van der Waals surface area contributed by atoms with Crippen LogP contribution in [-0.4, -0.2) is 59.4 Å². The molecule has 1 amide bonds. The van der Waals surface area contributed by atoms with Crippen LogP contribution < -0.4 is 14.8 Å². The van der Waals surface area contributed by atoms with Gasteiger partial charge < -0.3 is 24.4 Å². The highest BCUT2D eigenvalue weighted by atomic mass is 19.4. The lowest BCUT2D eigenvalue weighted by Crippen LogP contribution is -2.46. The molecule has 11 heteroatoms. The summed E-state index contributed by atoms with van der Waals surface area (Å²) in [6.45, 7) is 8.04. The second-order valence-corrected chi connectivity index (χ2v) is 11.5. The normalized spacial score (nSPS) is 28.6. The molecule has 0 radical (unpaired) electrons. The first-order chi connectivity index (χ1) is 17.8. The first-order valence-corrected chi connectivity index (χ1v) is 13.0. The molecular formula is C27H35F3N4O4. The minimum atomic E-state index is -4.47. The molecule has 2 aliphatic heterocycles. The number of carbonyl (C=O) groups is 1. The molecule has 3 aliphatic rings. The van der Waals surface area contributed by atoms with E-state index in [2.05, 4.69) is 10.4 Å². The van der Waals surface area contributed by atoms with Crippen LogP contribution in [0.5, 0.6) is 11.5 Å². The molecule has 2 fully saturated rings. The van der Waals surface area contributed by atoms with E-state index in [1.54, 1.807) is 29.2 Å². The molecule has 208 valence electrons. The quantitative estimate of drug-likeness (QED) is 0.523. The minimum absolute atomic E-state index is 0.00532. The number of benzene rings is 1. The molecule has 1 aromatic heterocycles. The van der Waals surface area contributed by atoms with E-state index in [-0.39, 0.29) is 36.3 Å². The maximum absolute atomic E-state index is 14.2. The fourth-order valence-corrected chi connectivity index (χ4v) is 6.17. The molecule has 0 bridgehead atoms. The number of ether oxygens (including phenoxy) is 3. The average Bonchev–Trinajstić information content (AvgIpc) is 3.43. The van der Waals surface area contributed by atoms with Crippen LogP contribution in [0, 0.1) is 11.8 Å². The fraction of sp³-hybridized carbons (Fsp3) is 0.630. The van der Waals surface area contributed by atoms with Crippen molar-refractivity contribution in [2.75, 3.05) is 26.1 Å². The Morgan fingerprint density at radius 1 is 1.11 bits per heavy atom. The van der Waals surface area contributed by atoms with E-state index in [0.717, 1.165) is 11.1 Å². The number of nitrogens with zero attached hydrogens (tertiary/aromatic N) is 3. The van der Waals surface area contributed by atoms with Gasteiger partial charge in [0.2, 0.25) is 0 Å². The van der Waals surface area contributed by atoms with Gasteiger partial charge in [-0.1, -0.05) is 6.07 Å². The molecule has 2 aromatic rings. The van der Waals surface area contributed by atoms with Gasteiger partial charge in [0.25, 0.3) is 0 Å². The number of piperidine rings is 1. The maximum Gasteiger partial charge on any atom is 0.410 e. The molecule has 1 N–H and O–H groups in total. The lowest BCUT2D eigenvalue weighted by atomic mass is 9.96. The highest BCUT2D eigenvalue weighted by Crippen LogP contribution is 2.61. The zero-order valence-corrected chi connectivity index (χ0v) is 22.5. The van der Waals surface area contributed by atoms with E-state index >= 15 is 0 Å². The lowest BCUT2D eigenvalue weighted by molar-refractivity contribution is -0.173. The Morgan fingerprint density at radius 3 is 2.45 bits per heavy atom. The van der Waals surface area contributed by atoms with Gasteiger partial charge in [-0.05, 0) is 63.6 Å². The zero-order chi connectivity index (χ0) is 27.6. The number of halogens is 3. The second kappa shape index (κ2) is 9.27. The van der Waals surface area contributed by atoms with Crippen molar-refractivity contribution in [2.45, 2.75) is 76.4 Å². The average molecular weight is 537 g/mol. The van der Waals surface area contributed by atoms with Gasteiger partial charge in [0.05, 0.1) is 26.0 Å². The van der Waals surface area contributed by atoms with Crippen LogP contribution in [0.15, 0.2) is 24.3 Å². The summed E-state index contributed by atoms with van der Waals surface area (Å²) in [6, 6.07) is 4.48. The molecule has 1 aromatic carbocycles. The number of rotatable bonds is 4. The largest absolute Gasteiger partial charge is 0.493 e. The molecule has 38 heavy (non-hydrogen) atoms. The van der Waals surface area contributed by atoms with Crippen molar-refractivity contribution in [1.29, 1.82) is 0 Å². The second-order valence-electron chi connectivity index (χ2n) is 11.5. The Balaban J connectivity index is 1.40. The molecule has 6 atom stereocenters. The summed E-state index contributed by atoms with van der Waals surface area (Å²) >= 11 is 0. The number of carbonyl (C=O) groups excluding carboxylic acids is 1. The summed E-state index contributed by atoms with van der Waals surface area (Å²) in [5, 5.41) is 7.76. The number of likely N-dealkylation sites (tertiary alicyclic amines) is 1. The molecule has 5 unspecified atom stereocenters. The number of alkyl halides is 3. The summed E-state index contributed by atoms with van der Waals surface area (Å²) < 4.78 is 60.0. The van der Waals surface area contributed by atoms with Gasteiger partial charge in [-0.15, -0.1) is 0 Å². The molecule has 1 saturated carbocycles. The number of methoxy groups -OCH3 is 2. The number of anilines is 1. The molecule has 5 rings (SSSR count). The first kappa shape index (κ1) is 26.5. The highest BCUT2D eigenvalue weighted by Gasteiger charge is 2.59. The van der Waals surface area contributed by atoms with Gasteiger partial charge >= 0.3 is 12.3 Å². The van der Waals surface area contributed by atoms with Crippen LogP contribution in [0.25, 0.3) is 0 Å². The van der Waals surface area contributed by atoms with Crippen LogP contribution in [0.4, 0.5) is 23.8 Å². The van der Waals surface area contributed by atoms with Crippen molar-refractivity contribution in [1.82, 2.24) is 14.7 Å². The Hall–Kier alpha value is -3.11. The van der Waals surface area contributed by atoms with Crippen LogP contribution >= 0.6 is 0 Å². The van der Waals surface area contributed by atoms with Gasteiger partial charge in [0.15, 0.2) is 17.5 Å². The third-order valence-corrected chi connectivity index (χ3v) is 7.97. The summed E-state index contributed by atoms with van der Waals surface area (Å²) in [5.41, 5.74) is 0.720. The number of fused-ring (bicyclic) bond motifs is 2. The van der Waals surface area contributed by atoms with Gasteiger partial charge in [-0.25, -0.2) is 9.48 Å².